The summed E-state index contributed by atoms with van der Waals surface area (Å²) >= 11 is 0. The van der Waals surface area contributed by atoms with Crippen LogP contribution in [-0.2, 0) is 16.1 Å². The van der Waals surface area contributed by atoms with Crippen molar-refractivity contribution in [2.45, 2.75) is 32.7 Å². The van der Waals surface area contributed by atoms with Crippen LogP contribution in [-0.4, -0.2) is 28.4 Å². The fourth-order valence-electron chi connectivity index (χ4n) is 1.70. The van der Waals surface area contributed by atoms with E-state index in [1.807, 2.05) is 37.3 Å². The summed E-state index contributed by atoms with van der Waals surface area (Å²) in [6, 6.07) is 9.61. The second kappa shape index (κ2) is 7.48. The first-order chi connectivity index (χ1) is 8.63. The molecule has 1 N–H and O–H groups in total. The number of carboxylic acid groups (broad SMARTS) is 1. The van der Waals surface area contributed by atoms with Crippen molar-refractivity contribution in [2.75, 3.05) is 6.54 Å². The van der Waals surface area contributed by atoms with Crippen LogP contribution in [0.15, 0.2) is 30.3 Å². The van der Waals surface area contributed by atoms with Crippen LogP contribution in [0.5, 0.6) is 0 Å². The highest BCUT2D eigenvalue weighted by atomic mass is 16.4. The number of amides is 1. The smallest absolute Gasteiger partial charge is 0.305 e. The molecule has 1 rings (SSSR count). The van der Waals surface area contributed by atoms with Crippen molar-refractivity contribution in [3.05, 3.63) is 35.9 Å². The highest BCUT2D eigenvalue weighted by Crippen LogP contribution is 2.08. The Morgan fingerprint density at radius 3 is 2.39 bits per heavy atom. The molecule has 0 aromatic heterocycles. The molecule has 0 aliphatic carbocycles. The quantitative estimate of drug-likeness (QED) is 0.806. The number of nitrogens with zero attached hydrogens (tertiary/aromatic N) is 1. The lowest BCUT2D eigenvalue weighted by Gasteiger charge is -2.22. The minimum Gasteiger partial charge on any atom is -0.481 e. The van der Waals surface area contributed by atoms with E-state index in [2.05, 4.69) is 0 Å². The SMILES string of the molecule is CCCC(=O)N(CCC(=O)O)Cc1ccccc1. The minimum atomic E-state index is -0.877. The van der Waals surface area contributed by atoms with Gasteiger partial charge in [0.15, 0.2) is 0 Å². The summed E-state index contributed by atoms with van der Waals surface area (Å²) < 4.78 is 0. The molecule has 98 valence electrons. The molecule has 0 aliphatic heterocycles. The van der Waals surface area contributed by atoms with Gasteiger partial charge in [0, 0.05) is 19.5 Å². The Morgan fingerprint density at radius 1 is 1.17 bits per heavy atom. The fourth-order valence-corrected chi connectivity index (χ4v) is 1.70. The van der Waals surface area contributed by atoms with Crippen molar-refractivity contribution in [1.29, 1.82) is 0 Å². The van der Waals surface area contributed by atoms with Crippen molar-refractivity contribution >= 4 is 11.9 Å². The van der Waals surface area contributed by atoms with Crippen LogP contribution >= 0.6 is 0 Å². The average molecular weight is 249 g/mol. The van der Waals surface area contributed by atoms with Crippen LogP contribution in [0, 0.1) is 0 Å². The van der Waals surface area contributed by atoms with Gasteiger partial charge >= 0.3 is 5.97 Å². The highest BCUT2D eigenvalue weighted by molar-refractivity contribution is 5.77. The van der Waals surface area contributed by atoms with Crippen LogP contribution in [0.4, 0.5) is 0 Å². The van der Waals surface area contributed by atoms with Crippen molar-refractivity contribution in [3.63, 3.8) is 0 Å². The number of hydrogen-bond acceptors (Lipinski definition) is 2. The second-order valence-corrected chi connectivity index (χ2v) is 4.19. The van der Waals surface area contributed by atoms with Crippen LogP contribution in [0.3, 0.4) is 0 Å². The molecule has 0 saturated carbocycles. The predicted octanol–water partition coefficient (Wildman–Crippen LogP) is 2.29. The van der Waals surface area contributed by atoms with Gasteiger partial charge in [-0.2, -0.15) is 0 Å². The van der Waals surface area contributed by atoms with Gasteiger partial charge in [-0.25, -0.2) is 0 Å². The van der Waals surface area contributed by atoms with Crippen molar-refractivity contribution < 1.29 is 14.7 Å². The number of carbonyl (C=O) groups is 2. The van der Waals surface area contributed by atoms with Gasteiger partial charge < -0.3 is 10.0 Å². The zero-order valence-electron chi connectivity index (χ0n) is 10.6. The van der Waals surface area contributed by atoms with Gasteiger partial charge in [-0.15, -0.1) is 0 Å². The molecular weight excluding hydrogens is 230 g/mol. The molecule has 0 unspecified atom stereocenters. The molecule has 1 aromatic rings. The van der Waals surface area contributed by atoms with Gasteiger partial charge in [0.25, 0.3) is 0 Å². The van der Waals surface area contributed by atoms with Crippen molar-refractivity contribution in [2.24, 2.45) is 0 Å². The van der Waals surface area contributed by atoms with Crippen LogP contribution in [0.1, 0.15) is 31.7 Å². The van der Waals surface area contributed by atoms with E-state index in [0.29, 0.717) is 13.0 Å². The Hall–Kier alpha value is -1.84. The molecule has 0 bridgehead atoms. The Balaban J connectivity index is 2.64. The molecule has 4 heteroatoms. The first-order valence-electron chi connectivity index (χ1n) is 6.17. The normalized spacial score (nSPS) is 10.1. The largest absolute Gasteiger partial charge is 0.481 e. The summed E-state index contributed by atoms with van der Waals surface area (Å²) in [4.78, 5) is 24.1. The minimum absolute atomic E-state index is 0.0116. The van der Waals surface area contributed by atoms with Crippen LogP contribution in [0.2, 0.25) is 0 Å². The maximum Gasteiger partial charge on any atom is 0.305 e. The zero-order chi connectivity index (χ0) is 13.4. The lowest BCUT2D eigenvalue weighted by molar-refractivity contribution is -0.138. The van der Waals surface area contributed by atoms with Crippen molar-refractivity contribution in [3.8, 4) is 0 Å². The van der Waals surface area contributed by atoms with Crippen LogP contribution in [0.25, 0.3) is 0 Å². The maximum absolute atomic E-state index is 11.9. The summed E-state index contributed by atoms with van der Waals surface area (Å²) in [6.45, 7) is 2.69. The zero-order valence-corrected chi connectivity index (χ0v) is 10.6. The first kappa shape index (κ1) is 14.2. The van der Waals surface area contributed by atoms with E-state index in [4.69, 9.17) is 5.11 Å². The molecule has 0 saturated heterocycles. The molecule has 0 radical (unpaired) electrons. The lowest BCUT2D eigenvalue weighted by Crippen LogP contribution is -2.32. The van der Waals surface area contributed by atoms with Gasteiger partial charge in [0.2, 0.25) is 5.91 Å². The summed E-state index contributed by atoms with van der Waals surface area (Å²) in [5.41, 5.74) is 1.02. The summed E-state index contributed by atoms with van der Waals surface area (Å²) in [5, 5.41) is 8.70. The fraction of sp³-hybridized carbons (Fsp3) is 0.429. The van der Waals surface area contributed by atoms with E-state index >= 15 is 0 Å². The number of carbonyl (C=O) groups excluding carboxylic acids is 1. The summed E-state index contributed by atoms with van der Waals surface area (Å²) in [6.07, 6.45) is 1.23. The molecule has 1 amide bonds. The van der Waals surface area contributed by atoms with E-state index in [1.165, 1.54) is 0 Å². The van der Waals surface area contributed by atoms with Gasteiger partial charge in [0.05, 0.1) is 6.42 Å². The molecule has 4 nitrogen and oxygen atoms in total. The summed E-state index contributed by atoms with van der Waals surface area (Å²) in [5.74, 6) is -0.861. The Morgan fingerprint density at radius 2 is 1.83 bits per heavy atom. The molecule has 18 heavy (non-hydrogen) atoms. The van der Waals surface area contributed by atoms with E-state index in [0.717, 1.165) is 12.0 Å². The first-order valence-corrected chi connectivity index (χ1v) is 6.17. The number of rotatable bonds is 7. The van der Waals surface area contributed by atoms with Gasteiger partial charge in [-0.1, -0.05) is 37.3 Å². The third-order valence-electron chi connectivity index (χ3n) is 2.63. The molecule has 0 atom stereocenters. The number of hydrogen-bond donors (Lipinski definition) is 1. The molecule has 0 spiro atoms. The monoisotopic (exact) mass is 249 g/mol. The third-order valence-corrected chi connectivity index (χ3v) is 2.63. The molecule has 1 aromatic carbocycles. The standard InChI is InChI=1S/C14H19NO3/c1-2-6-13(16)15(10-9-14(17)18)11-12-7-4-3-5-8-12/h3-5,7-8H,2,6,9-11H2,1H3,(H,17,18). The Kier molecular flexibility index (Phi) is 5.91. The average Bonchev–Trinajstić information content (AvgIpc) is 2.35. The van der Waals surface area contributed by atoms with Crippen LogP contribution < -0.4 is 0 Å². The molecular formula is C14H19NO3. The number of carboxylic acids is 1. The second-order valence-electron chi connectivity index (χ2n) is 4.19. The number of benzene rings is 1. The highest BCUT2D eigenvalue weighted by Gasteiger charge is 2.14. The van der Waals surface area contributed by atoms with E-state index in [1.54, 1.807) is 4.90 Å². The Labute approximate surface area is 107 Å². The molecule has 0 heterocycles. The third kappa shape index (κ3) is 4.99. The van der Waals surface area contributed by atoms with Gasteiger partial charge in [-0.3, -0.25) is 9.59 Å². The molecule has 0 aliphatic rings. The van der Waals surface area contributed by atoms with E-state index in [-0.39, 0.29) is 18.9 Å². The van der Waals surface area contributed by atoms with E-state index in [9.17, 15) is 9.59 Å². The summed E-state index contributed by atoms with van der Waals surface area (Å²) in [7, 11) is 0. The van der Waals surface area contributed by atoms with E-state index < -0.39 is 5.97 Å². The molecule has 0 fully saturated rings. The van der Waals surface area contributed by atoms with Gasteiger partial charge in [0.1, 0.15) is 0 Å². The van der Waals surface area contributed by atoms with Gasteiger partial charge in [-0.05, 0) is 12.0 Å². The van der Waals surface area contributed by atoms with Crippen molar-refractivity contribution in [1.82, 2.24) is 4.90 Å². The lowest BCUT2D eigenvalue weighted by atomic mass is 10.2. The number of aliphatic carboxylic acids is 1. The topological polar surface area (TPSA) is 57.6 Å². The predicted molar refractivity (Wildman–Crippen MR) is 69.0 cm³/mol. The maximum atomic E-state index is 11.9. The Bertz CT molecular complexity index is 389.